The molecule has 3 nitrogen and oxygen atoms in total. The molecule has 96 valence electrons. The molecule has 0 spiro atoms. The standard InChI is InChI=1S/C16H16N2O/c1-13-3-7-15(8-4-13)18-17-12-11-14-5-9-16(19-2)10-6-14/h3-12H,1-2H3/b12-11+,18-17?. The van der Waals surface area contributed by atoms with Crippen molar-refractivity contribution in [3.05, 3.63) is 65.9 Å². The molecule has 0 saturated carbocycles. The Kier molecular flexibility index (Phi) is 4.45. The van der Waals surface area contributed by atoms with E-state index in [4.69, 9.17) is 4.74 Å². The van der Waals surface area contributed by atoms with E-state index < -0.39 is 0 Å². The molecule has 0 aliphatic carbocycles. The molecule has 0 saturated heterocycles. The Morgan fingerprint density at radius 1 is 0.947 bits per heavy atom. The molecule has 0 fully saturated rings. The molecule has 0 radical (unpaired) electrons. The maximum absolute atomic E-state index is 5.10. The Morgan fingerprint density at radius 3 is 2.26 bits per heavy atom. The van der Waals surface area contributed by atoms with E-state index in [1.165, 1.54) is 5.56 Å². The first kappa shape index (κ1) is 13.0. The summed E-state index contributed by atoms with van der Waals surface area (Å²) in [6, 6.07) is 15.7. The molecular formula is C16H16N2O. The van der Waals surface area contributed by atoms with E-state index in [0.717, 1.165) is 17.0 Å². The minimum Gasteiger partial charge on any atom is -0.497 e. The molecule has 2 rings (SSSR count). The fourth-order valence-corrected chi connectivity index (χ4v) is 1.55. The van der Waals surface area contributed by atoms with Gasteiger partial charge in [0.05, 0.1) is 19.0 Å². The van der Waals surface area contributed by atoms with Gasteiger partial charge in [0, 0.05) is 0 Å². The van der Waals surface area contributed by atoms with Gasteiger partial charge in [0.15, 0.2) is 0 Å². The van der Waals surface area contributed by atoms with Gasteiger partial charge in [-0.15, -0.1) is 0 Å². The molecule has 0 aliphatic rings. The van der Waals surface area contributed by atoms with Gasteiger partial charge < -0.3 is 4.74 Å². The molecular weight excluding hydrogens is 236 g/mol. The van der Waals surface area contributed by atoms with Crippen LogP contribution in [0.25, 0.3) is 6.08 Å². The highest BCUT2D eigenvalue weighted by atomic mass is 16.5. The van der Waals surface area contributed by atoms with Crippen LogP contribution in [-0.4, -0.2) is 7.11 Å². The van der Waals surface area contributed by atoms with Crippen LogP contribution in [0.4, 0.5) is 5.69 Å². The quantitative estimate of drug-likeness (QED) is 0.722. The molecule has 0 aliphatic heterocycles. The van der Waals surface area contributed by atoms with E-state index in [-0.39, 0.29) is 0 Å². The number of rotatable bonds is 4. The second-order valence-corrected chi connectivity index (χ2v) is 4.14. The first-order valence-electron chi connectivity index (χ1n) is 6.06. The van der Waals surface area contributed by atoms with Gasteiger partial charge in [-0.25, -0.2) is 0 Å². The van der Waals surface area contributed by atoms with Gasteiger partial charge in [0.2, 0.25) is 0 Å². The summed E-state index contributed by atoms with van der Waals surface area (Å²) in [4.78, 5) is 0. The number of ether oxygens (including phenoxy) is 1. The summed E-state index contributed by atoms with van der Waals surface area (Å²) in [5.74, 6) is 0.846. The summed E-state index contributed by atoms with van der Waals surface area (Å²) >= 11 is 0. The van der Waals surface area contributed by atoms with E-state index in [0.29, 0.717) is 0 Å². The summed E-state index contributed by atoms with van der Waals surface area (Å²) < 4.78 is 5.10. The number of aryl methyl sites for hydroxylation is 1. The van der Waals surface area contributed by atoms with Gasteiger partial charge in [0.1, 0.15) is 5.75 Å². The highest BCUT2D eigenvalue weighted by Gasteiger charge is 1.89. The third-order valence-electron chi connectivity index (χ3n) is 2.66. The molecule has 19 heavy (non-hydrogen) atoms. The number of hydrogen-bond donors (Lipinski definition) is 0. The van der Waals surface area contributed by atoms with Crippen LogP contribution in [0, 0.1) is 6.92 Å². The topological polar surface area (TPSA) is 34.0 Å². The minimum atomic E-state index is 0.846. The average molecular weight is 252 g/mol. The predicted molar refractivity (Wildman–Crippen MR) is 77.7 cm³/mol. The zero-order valence-corrected chi connectivity index (χ0v) is 11.1. The summed E-state index contributed by atoms with van der Waals surface area (Å²) in [5, 5.41) is 8.13. The zero-order valence-electron chi connectivity index (χ0n) is 11.1. The molecule has 0 N–H and O–H groups in total. The third kappa shape index (κ3) is 4.07. The lowest BCUT2D eigenvalue weighted by Crippen LogP contribution is -1.81. The van der Waals surface area contributed by atoms with Crippen molar-refractivity contribution in [2.75, 3.05) is 7.11 Å². The average Bonchev–Trinajstić information content (AvgIpc) is 2.46. The highest BCUT2D eigenvalue weighted by molar-refractivity contribution is 5.50. The Balaban J connectivity index is 1.96. The van der Waals surface area contributed by atoms with Crippen molar-refractivity contribution in [1.82, 2.24) is 0 Å². The lowest BCUT2D eigenvalue weighted by atomic mass is 10.2. The van der Waals surface area contributed by atoms with E-state index in [2.05, 4.69) is 10.2 Å². The van der Waals surface area contributed by atoms with Gasteiger partial charge in [0.25, 0.3) is 0 Å². The lowest BCUT2D eigenvalue weighted by Gasteiger charge is -1.98. The molecule has 0 atom stereocenters. The van der Waals surface area contributed by atoms with Crippen LogP contribution in [0.1, 0.15) is 11.1 Å². The van der Waals surface area contributed by atoms with Crippen molar-refractivity contribution in [2.24, 2.45) is 10.2 Å². The van der Waals surface area contributed by atoms with Crippen LogP contribution < -0.4 is 4.74 Å². The van der Waals surface area contributed by atoms with Gasteiger partial charge >= 0.3 is 0 Å². The Labute approximate surface area is 113 Å². The molecule has 2 aromatic carbocycles. The van der Waals surface area contributed by atoms with Crippen LogP contribution in [0.2, 0.25) is 0 Å². The monoisotopic (exact) mass is 252 g/mol. The fraction of sp³-hybridized carbons (Fsp3) is 0.125. The number of hydrogen-bond acceptors (Lipinski definition) is 3. The minimum absolute atomic E-state index is 0.846. The second-order valence-electron chi connectivity index (χ2n) is 4.14. The van der Waals surface area contributed by atoms with Crippen LogP contribution in [0.15, 0.2) is 65.0 Å². The summed E-state index contributed by atoms with van der Waals surface area (Å²) in [6.45, 7) is 2.05. The predicted octanol–water partition coefficient (Wildman–Crippen LogP) is 4.76. The third-order valence-corrected chi connectivity index (χ3v) is 2.66. The molecule has 0 amide bonds. The Morgan fingerprint density at radius 2 is 1.63 bits per heavy atom. The summed E-state index contributed by atoms with van der Waals surface area (Å²) in [6.07, 6.45) is 3.58. The van der Waals surface area contributed by atoms with E-state index in [9.17, 15) is 0 Å². The molecule has 3 heteroatoms. The van der Waals surface area contributed by atoms with Crippen molar-refractivity contribution in [1.29, 1.82) is 0 Å². The second kappa shape index (κ2) is 6.50. The Hall–Kier alpha value is -2.42. The number of benzene rings is 2. The first-order chi connectivity index (χ1) is 9.28. The SMILES string of the molecule is COc1ccc(/C=C/N=Nc2ccc(C)cc2)cc1. The first-order valence-corrected chi connectivity index (χ1v) is 6.06. The molecule has 0 unspecified atom stereocenters. The fourth-order valence-electron chi connectivity index (χ4n) is 1.55. The normalized spacial score (nSPS) is 11.3. The number of azo groups is 1. The van der Waals surface area contributed by atoms with E-state index >= 15 is 0 Å². The summed E-state index contributed by atoms with van der Waals surface area (Å²) in [7, 11) is 1.65. The highest BCUT2D eigenvalue weighted by Crippen LogP contribution is 2.14. The molecule has 0 bridgehead atoms. The van der Waals surface area contributed by atoms with Crippen LogP contribution >= 0.6 is 0 Å². The van der Waals surface area contributed by atoms with Crippen molar-refractivity contribution in [3.8, 4) is 5.75 Å². The molecule has 0 aromatic heterocycles. The van der Waals surface area contributed by atoms with Crippen molar-refractivity contribution in [3.63, 3.8) is 0 Å². The van der Waals surface area contributed by atoms with Crippen LogP contribution in [0.5, 0.6) is 5.75 Å². The number of nitrogens with zero attached hydrogens (tertiary/aromatic N) is 2. The smallest absolute Gasteiger partial charge is 0.118 e. The van der Waals surface area contributed by atoms with Gasteiger partial charge in [-0.1, -0.05) is 29.8 Å². The zero-order chi connectivity index (χ0) is 13.5. The summed E-state index contributed by atoms with van der Waals surface area (Å²) in [5.41, 5.74) is 3.13. The molecule has 0 heterocycles. The van der Waals surface area contributed by atoms with Crippen LogP contribution in [0.3, 0.4) is 0 Å². The van der Waals surface area contributed by atoms with Gasteiger partial charge in [-0.05, 0) is 42.8 Å². The number of methoxy groups -OCH3 is 1. The Bertz CT molecular complexity index is 569. The van der Waals surface area contributed by atoms with Crippen molar-refractivity contribution in [2.45, 2.75) is 6.92 Å². The largest absolute Gasteiger partial charge is 0.497 e. The van der Waals surface area contributed by atoms with Crippen molar-refractivity contribution < 1.29 is 4.74 Å². The van der Waals surface area contributed by atoms with Gasteiger partial charge in [-0.2, -0.15) is 10.2 Å². The van der Waals surface area contributed by atoms with E-state index in [1.54, 1.807) is 13.3 Å². The van der Waals surface area contributed by atoms with Crippen molar-refractivity contribution >= 4 is 11.8 Å². The van der Waals surface area contributed by atoms with Gasteiger partial charge in [-0.3, -0.25) is 0 Å². The maximum Gasteiger partial charge on any atom is 0.118 e. The van der Waals surface area contributed by atoms with E-state index in [1.807, 2.05) is 61.5 Å². The molecule has 2 aromatic rings. The maximum atomic E-state index is 5.10. The van der Waals surface area contributed by atoms with Crippen LogP contribution in [-0.2, 0) is 0 Å². The lowest BCUT2D eigenvalue weighted by molar-refractivity contribution is 0.415.